The lowest BCUT2D eigenvalue weighted by molar-refractivity contribution is 0.144. The number of alkyl halides is 1. The van der Waals surface area contributed by atoms with Crippen LogP contribution in [-0.2, 0) is 11.2 Å². The van der Waals surface area contributed by atoms with E-state index in [9.17, 15) is 4.79 Å². The lowest BCUT2D eigenvalue weighted by atomic mass is 9.96. The molecule has 1 unspecified atom stereocenters. The number of benzene rings is 2. The number of aryl methyl sites for hydroxylation is 1. The van der Waals surface area contributed by atoms with Gasteiger partial charge in [0.25, 0.3) is 0 Å². The van der Waals surface area contributed by atoms with Crippen LogP contribution in [0.3, 0.4) is 0 Å². The van der Waals surface area contributed by atoms with Crippen LogP contribution >= 0.6 is 27.5 Å². The quantitative estimate of drug-likeness (QED) is 0.370. The van der Waals surface area contributed by atoms with Gasteiger partial charge in [-0.1, -0.05) is 58.4 Å². The topological polar surface area (TPSA) is 26.3 Å². The standard InChI is InChI=1S/C18H16BrClO2/c19-11-4-3-6-12-7-5-10-14-13-8-1-2-9-15(13)17(16(12)14)22-18(20)21/h1-2,5,7-10,17H,3-4,6,11H2. The molecule has 2 aromatic rings. The summed E-state index contributed by atoms with van der Waals surface area (Å²) in [6, 6.07) is 14.3. The second-order valence-corrected chi connectivity index (χ2v) is 6.45. The molecule has 0 amide bonds. The first kappa shape index (κ1) is 15.6. The molecular formula is C18H16BrClO2. The molecule has 0 saturated carbocycles. The second kappa shape index (κ2) is 6.84. The van der Waals surface area contributed by atoms with E-state index in [-0.39, 0.29) is 0 Å². The van der Waals surface area contributed by atoms with E-state index in [0.717, 1.165) is 46.8 Å². The van der Waals surface area contributed by atoms with Crippen molar-refractivity contribution in [3.8, 4) is 11.1 Å². The Balaban J connectivity index is 2.05. The van der Waals surface area contributed by atoms with Crippen molar-refractivity contribution in [2.24, 2.45) is 0 Å². The zero-order chi connectivity index (χ0) is 15.5. The molecule has 3 rings (SSSR count). The minimum atomic E-state index is -0.761. The fourth-order valence-electron chi connectivity index (χ4n) is 3.13. The van der Waals surface area contributed by atoms with Gasteiger partial charge in [0.1, 0.15) is 0 Å². The van der Waals surface area contributed by atoms with Gasteiger partial charge in [-0.2, -0.15) is 0 Å². The van der Waals surface area contributed by atoms with Gasteiger partial charge < -0.3 is 4.74 Å². The van der Waals surface area contributed by atoms with Gasteiger partial charge in [0.15, 0.2) is 6.10 Å². The van der Waals surface area contributed by atoms with Crippen molar-refractivity contribution in [2.45, 2.75) is 25.4 Å². The Bertz CT molecular complexity index is 699. The van der Waals surface area contributed by atoms with Crippen molar-refractivity contribution in [3.63, 3.8) is 0 Å². The monoisotopic (exact) mass is 378 g/mol. The van der Waals surface area contributed by atoms with Gasteiger partial charge >= 0.3 is 5.43 Å². The molecular weight excluding hydrogens is 364 g/mol. The number of unbranched alkanes of at least 4 members (excludes halogenated alkanes) is 1. The highest BCUT2D eigenvalue weighted by atomic mass is 79.9. The Hall–Kier alpha value is -1.32. The molecule has 4 heteroatoms. The Morgan fingerprint density at radius 1 is 1.09 bits per heavy atom. The summed E-state index contributed by atoms with van der Waals surface area (Å²) < 4.78 is 5.43. The minimum absolute atomic E-state index is 0.392. The third-order valence-corrected chi connectivity index (χ3v) is 4.68. The first-order chi connectivity index (χ1) is 10.7. The van der Waals surface area contributed by atoms with Crippen LogP contribution in [0.5, 0.6) is 0 Å². The number of hydrogen-bond donors (Lipinski definition) is 0. The summed E-state index contributed by atoms with van der Waals surface area (Å²) in [6.45, 7) is 0. The third kappa shape index (κ3) is 2.92. The molecule has 0 aromatic heterocycles. The third-order valence-electron chi connectivity index (χ3n) is 4.03. The number of carbonyl (C=O) groups excluding carboxylic acids is 1. The van der Waals surface area contributed by atoms with Crippen LogP contribution in [0.2, 0.25) is 0 Å². The van der Waals surface area contributed by atoms with E-state index < -0.39 is 11.5 Å². The molecule has 0 saturated heterocycles. The van der Waals surface area contributed by atoms with Gasteiger partial charge in [-0.05, 0) is 36.0 Å². The SMILES string of the molecule is O=C(Cl)OC1c2ccccc2-c2cccc(CCCCBr)c21. The summed E-state index contributed by atoms with van der Waals surface area (Å²) in [5.41, 5.74) is 4.85. The number of ether oxygens (including phenoxy) is 1. The van der Waals surface area contributed by atoms with Crippen LogP contribution < -0.4 is 0 Å². The Labute approximate surface area is 143 Å². The van der Waals surface area contributed by atoms with Crippen molar-refractivity contribution in [1.82, 2.24) is 0 Å². The first-order valence-electron chi connectivity index (χ1n) is 7.35. The molecule has 1 aliphatic rings. The van der Waals surface area contributed by atoms with Crippen molar-refractivity contribution < 1.29 is 9.53 Å². The summed E-state index contributed by atoms with van der Waals surface area (Å²) in [4.78, 5) is 11.3. The van der Waals surface area contributed by atoms with Crippen molar-refractivity contribution in [2.75, 3.05) is 5.33 Å². The highest BCUT2D eigenvalue weighted by Crippen LogP contribution is 2.47. The molecule has 0 heterocycles. The predicted octanol–water partition coefficient (Wildman–Crippen LogP) is 5.85. The molecule has 2 aromatic carbocycles. The van der Waals surface area contributed by atoms with Crippen LogP contribution in [0.4, 0.5) is 4.79 Å². The van der Waals surface area contributed by atoms with Crippen molar-refractivity contribution in [3.05, 3.63) is 59.2 Å². The van der Waals surface area contributed by atoms with Gasteiger partial charge in [0.2, 0.25) is 0 Å². The molecule has 0 bridgehead atoms. The Morgan fingerprint density at radius 2 is 1.86 bits per heavy atom. The van der Waals surface area contributed by atoms with Crippen molar-refractivity contribution >= 4 is 33.0 Å². The second-order valence-electron chi connectivity index (χ2n) is 5.35. The number of halogens is 2. The van der Waals surface area contributed by atoms with Crippen LogP contribution in [-0.4, -0.2) is 10.8 Å². The summed E-state index contributed by atoms with van der Waals surface area (Å²) in [5, 5.41) is 1.00. The van der Waals surface area contributed by atoms with E-state index in [1.54, 1.807) is 0 Å². The van der Waals surface area contributed by atoms with Crippen LogP contribution in [0, 0.1) is 0 Å². The average molecular weight is 380 g/mol. The number of rotatable bonds is 5. The first-order valence-corrected chi connectivity index (χ1v) is 8.85. The summed E-state index contributed by atoms with van der Waals surface area (Å²) in [5.74, 6) is 0. The molecule has 2 nitrogen and oxygen atoms in total. The zero-order valence-corrected chi connectivity index (χ0v) is 14.4. The predicted molar refractivity (Wildman–Crippen MR) is 92.8 cm³/mol. The number of hydrogen-bond acceptors (Lipinski definition) is 2. The molecule has 1 atom stereocenters. The molecule has 0 spiro atoms. The van der Waals surface area contributed by atoms with Gasteiger partial charge in [-0.3, -0.25) is 0 Å². The maximum Gasteiger partial charge on any atom is 0.404 e. The molecule has 22 heavy (non-hydrogen) atoms. The van der Waals surface area contributed by atoms with E-state index >= 15 is 0 Å². The van der Waals surface area contributed by atoms with E-state index in [0.29, 0.717) is 0 Å². The summed E-state index contributed by atoms with van der Waals surface area (Å²) in [7, 11) is 0. The normalized spacial score (nSPS) is 15.3. The van der Waals surface area contributed by atoms with Gasteiger partial charge in [-0.15, -0.1) is 0 Å². The number of carbonyl (C=O) groups is 1. The fourth-order valence-corrected chi connectivity index (χ4v) is 3.61. The van der Waals surface area contributed by atoms with E-state index in [1.807, 2.05) is 18.2 Å². The molecule has 1 aliphatic carbocycles. The molecule has 0 N–H and O–H groups in total. The van der Waals surface area contributed by atoms with E-state index in [2.05, 4.69) is 40.2 Å². The molecule has 0 fully saturated rings. The van der Waals surface area contributed by atoms with Crippen LogP contribution in [0.15, 0.2) is 42.5 Å². The highest BCUT2D eigenvalue weighted by molar-refractivity contribution is 9.09. The van der Waals surface area contributed by atoms with Gasteiger partial charge in [-0.25, -0.2) is 4.79 Å². The van der Waals surface area contributed by atoms with E-state index in [1.165, 1.54) is 5.56 Å². The molecule has 114 valence electrons. The largest absolute Gasteiger partial charge is 0.440 e. The van der Waals surface area contributed by atoms with Crippen LogP contribution in [0.25, 0.3) is 11.1 Å². The van der Waals surface area contributed by atoms with Gasteiger partial charge in [0, 0.05) is 28.1 Å². The Kier molecular flexibility index (Phi) is 4.84. The highest BCUT2D eigenvalue weighted by Gasteiger charge is 2.32. The number of fused-ring (bicyclic) bond motifs is 3. The lowest BCUT2D eigenvalue weighted by Crippen LogP contribution is -2.07. The minimum Gasteiger partial charge on any atom is -0.440 e. The maximum atomic E-state index is 11.3. The molecule has 0 aliphatic heterocycles. The summed E-state index contributed by atoms with van der Waals surface area (Å²) >= 11 is 8.97. The van der Waals surface area contributed by atoms with E-state index in [4.69, 9.17) is 16.3 Å². The lowest BCUT2D eigenvalue weighted by Gasteiger charge is -2.16. The smallest absolute Gasteiger partial charge is 0.404 e. The van der Waals surface area contributed by atoms with Crippen molar-refractivity contribution in [1.29, 1.82) is 0 Å². The maximum absolute atomic E-state index is 11.3. The Morgan fingerprint density at radius 3 is 2.64 bits per heavy atom. The van der Waals surface area contributed by atoms with Crippen LogP contribution in [0.1, 0.15) is 35.6 Å². The zero-order valence-electron chi connectivity index (χ0n) is 12.0. The molecule has 0 radical (unpaired) electrons. The fraction of sp³-hybridized carbons (Fsp3) is 0.278. The summed E-state index contributed by atoms with van der Waals surface area (Å²) in [6.07, 6.45) is 2.80. The van der Waals surface area contributed by atoms with Gasteiger partial charge in [0.05, 0.1) is 0 Å². The average Bonchev–Trinajstić information content (AvgIpc) is 2.83.